The van der Waals surface area contributed by atoms with E-state index in [1.165, 1.54) is 0 Å². The molecule has 1 aromatic carbocycles. The third kappa shape index (κ3) is 3.23. The predicted octanol–water partition coefficient (Wildman–Crippen LogP) is 1.42. The zero-order valence-electron chi connectivity index (χ0n) is 10.7. The molecule has 5 nitrogen and oxygen atoms in total. The van der Waals surface area contributed by atoms with Crippen molar-refractivity contribution in [2.45, 2.75) is 26.8 Å². The molecule has 0 aliphatic heterocycles. The number of hydrogen-bond acceptors (Lipinski definition) is 3. The van der Waals surface area contributed by atoms with E-state index in [0.717, 1.165) is 5.56 Å². The molecular weight excluding hydrogens is 232 g/mol. The molecule has 0 saturated carbocycles. The summed E-state index contributed by atoms with van der Waals surface area (Å²) in [5.74, 6) is -1.90. The second-order valence-electron chi connectivity index (χ2n) is 4.46. The number of aryl methyl sites for hydroxylation is 1. The van der Waals surface area contributed by atoms with E-state index >= 15 is 0 Å². The van der Waals surface area contributed by atoms with Crippen LogP contribution in [0.2, 0.25) is 0 Å². The molecule has 0 radical (unpaired) electrons. The van der Waals surface area contributed by atoms with Crippen LogP contribution in [0, 0.1) is 12.8 Å². The number of hydrogen-bond donors (Lipinski definition) is 3. The van der Waals surface area contributed by atoms with Crippen LogP contribution in [0.3, 0.4) is 0 Å². The van der Waals surface area contributed by atoms with Gasteiger partial charge < -0.3 is 16.2 Å². The maximum absolute atomic E-state index is 11.9. The van der Waals surface area contributed by atoms with Crippen LogP contribution in [-0.4, -0.2) is 23.0 Å². The topological polar surface area (TPSA) is 92.4 Å². The molecule has 98 valence electrons. The number of nitrogens with two attached hydrogens (primary N) is 1. The highest BCUT2D eigenvalue weighted by molar-refractivity contribution is 5.95. The molecule has 0 bridgehead atoms. The molecule has 0 spiro atoms. The number of anilines is 1. The van der Waals surface area contributed by atoms with Crippen LogP contribution in [0.15, 0.2) is 18.2 Å². The lowest BCUT2D eigenvalue weighted by molar-refractivity contribution is -0.141. The Balaban J connectivity index is 2.76. The summed E-state index contributed by atoms with van der Waals surface area (Å²) >= 11 is 0. The second-order valence-corrected chi connectivity index (χ2v) is 4.46. The fourth-order valence-electron chi connectivity index (χ4n) is 1.41. The standard InChI is InChI=1S/C13H18N2O3/c1-7-4-5-10(6-11(7)14)12(16)15-9(3)8(2)13(17)18/h4-6,8-9H,14H2,1-3H3,(H,15,16)(H,17,18). The van der Waals surface area contributed by atoms with Crippen molar-refractivity contribution >= 4 is 17.6 Å². The smallest absolute Gasteiger partial charge is 0.308 e. The molecule has 1 aromatic rings. The first-order valence-corrected chi connectivity index (χ1v) is 5.72. The van der Waals surface area contributed by atoms with Crippen molar-refractivity contribution in [3.8, 4) is 0 Å². The van der Waals surface area contributed by atoms with Crippen molar-refractivity contribution in [3.05, 3.63) is 29.3 Å². The van der Waals surface area contributed by atoms with Gasteiger partial charge in [0, 0.05) is 17.3 Å². The fourth-order valence-corrected chi connectivity index (χ4v) is 1.41. The fraction of sp³-hybridized carbons (Fsp3) is 0.385. The molecule has 0 heterocycles. The van der Waals surface area contributed by atoms with Gasteiger partial charge in [-0.1, -0.05) is 6.07 Å². The average Bonchev–Trinajstić information content (AvgIpc) is 2.31. The van der Waals surface area contributed by atoms with Gasteiger partial charge >= 0.3 is 5.97 Å². The Kier molecular flexibility index (Phi) is 4.31. The number of carboxylic acid groups (broad SMARTS) is 1. The number of amides is 1. The van der Waals surface area contributed by atoms with E-state index in [1.807, 2.05) is 6.92 Å². The van der Waals surface area contributed by atoms with Gasteiger partial charge in [0.25, 0.3) is 5.91 Å². The molecule has 0 aromatic heterocycles. The summed E-state index contributed by atoms with van der Waals surface area (Å²) in [4.78, 5) is 22.7. The van der Waals surface area contributed by atoms with Gasteiger partial charge in [0.1, 0.15) is 0 Å². The lowest BCUT2D eigenvalue weighted by Crippen LogP contribution is -2.40. The minimum absolute atomic E-state index is 0.317. The zero-order valence-corrected chi connectivity index (χ0v) is 10.7. The van der Waals surface area contributed by atoms with Gasteiger partial charge in [-0.15, -0.1) is 0 Å². The van der Waals surface area contributed by atoms with Crippen LogP contribution in [0.5, 0.6) is 0 Å². The summed E-state index contributed by atoms with van der Waals surface area (Å²) in [6, 6.07) is 4.56. The van der Waals surface area contributed by atoms with Crippen LogP contribution in [0.4, 0.5) is 5.69 Å². The highest BCUT2D eigenvalue weighted by Gasteiger charge is 2.21. The number of nitrogen functional groups attached to an aromatic ring is 1. The number of carbonyl (C=O) groups is 2. The van der Waals surface area contributed by atoms with Gasteiger partial charge in [-0.05, 0) is 38.5 Å². The van der Waals surface area contributed by atoms with Crippen molar-refractivity contribution in [1.29, 1.82) is 0 Å². The van der Waals surface area contributed by atoms with Crippen molar-refractivity contribution < 1.29 is 14.7 Å². The number of nitrogens with one attached hydrogen (secondary N) is 1. The summed E-state index contributed by atoms with van der Waals surface area (Å²) < 4.78 is 0. The number of carbonyl (C=O) groups excluding carboxylic acids is 1. The Hall–Kier alpha value is -2.04. The van der Waals surface area contributed by atoms with Crippen LogP contribution >= 0.6 is 0 Å². The van der Waals surface area contributed by atoms with Crippen molar-refractivity contribution in [2.75, 3.05) is 5.73 Å². The molecule has 2 unspecified atom stereocenters. The lowest BCUT2D eigenvalue weighted by atomic mass is 10.0. The largest absolute Gasteiger partial charge is 0.481 e. The van der Waals surface area contributed by atoms with Crippen LogP contribution in [0.25, 0.3) is 0 Å². The van der Waals surface area contributed by atoms with E-state index in [4.69, 9.17) is 10.8 Å². The maximum Gasteiger partial charge on any atom is 0.308 e. The first-order valence-electron chi connectivity index (χ1n) is 5.72. The normalized spacial score (nSPS) is 13.7. The van der Waals surface area contributed by atoms with E-state index in [2.05, 4.69) is 5.32 Å². The summed E-state index contributed by atoms with van der Waals surface area (Å²) in [6.45, 7) is 5.07. The first kappa shape index (κ1) is 14.0. The van der Waals surface area contributed by atoms with Gasteiger partial charge in [-0.2, -0.15) is 0 Å². The van der Waals surface area contributed by atoms with Crippen molar-refractivity contribution in [3.63, 3.8) is 0 Å². The molecule has 0 aliphatic carbocycles. The second kappa shape index (κ2) is 5.53. The summed E-state index contributed by atoms with van der Waals surface area (Å²) in [5, 5.41) is 11.5. The van der Waals surface area contributed by atoms with E-state index < -0.39 is 17.9 Å². The van der Waals surface area contributed by atoms with Gasteiger partial charge in [0.05, 0.1) is 5.92 Å². The minimum atomic E-state index is -0.939. The Morgan fingerprint density at radius 2 is 1.94 bits per heavy atom. The van der Waals surface area contributed by atoms with Crippen LogP contribution in [-0.2, 0) is 4.79 Å². The van der Waals surface area contributed by atoms with Gasteiger partial charge in [-0.25, -0.2) is 0 Å². The highest BCUT2D eigenvalue weighted by atomic mass is 16.4. The third-order valence-electron chi connectivity index (χ3n) is 3.04. The SMILES string of the molecule is Cc1ccc(C(=O)NC(C)C(C)C(=O)O)cc1N. The van der Waals surface area contributed by atoms with Crippen LogP contribution < -0.4 is 11.1 Å². The summed E-state index contributed by atoms with van der Waals surface area (Å²) in [6.07, 6.45) is 0. The lowest BCUT2D eigenvalue weighted by Gasteiger charge is -2.18. The summed E-state index contributed by atoms with van der Waals surface area (Å²) in [7, 11) is 0. The number of benzene rings is 1. The predicted molar refractivity (Wildman–Crippen MR) is 69.3 cm³/mol. The number of aliphatic carboxylic acids is 1. The van der Waals surface area contributed by atoms with Crippen LogP contribution in [0.1, 0.15) is 29.8 Å². The first-order chi connectivity index (χ1) is 8.32. The van der Waals surface area contributed by atoms with E-state index in [9.17, 15) is 9.59 Å². The molecule has 2 atom stereocenters. The Morgan fingerprint density at radius 1 is 1.33 bits per heavy atom. The molecule has 0 saturated heterocycles. The highest BCUT2D eigenvalue weighted by Crippen LogP contribution is 2.13. The van der Waals surface area contributed by atoms with Crippen molar-refractivity contribution in [2.24, 2.45) is 5.92 Å². The molecule has 18 heavy (non-hydrogen) atoms. The third-order valence-corrected chi connectivity index (χ3v) is 3.04. The molecule has 0 fully saturated rings. The molecular formula is C13H18N2O3. The van der Waals surface area contributed by atoms with Gasteiger partial charge in [-0.3, -0.25) is 9.59 Å². The van der Waals surface area contributed by atoms with Gasteiger partial charge in [0.15, 0.2) is 0 Å². The molecule has 5 heteroatoms. The van der Waals surface area contributed by atoms with E-state index in [0.29, 0.717) is 11.3 Å². The average molecular weight is 250 g/mol. The Labute approximate surface area is 106 Å². The molecule has 1 amide bonds. The molecule has 1 rings (SSSR count). The monoisotopic (exact) mass is 250 g/mol. The zero-order chi connectivity index (χ0) is 13.9. The van der Waals surface area contributed by atoms with E-state index in [1.54, 1.807) is 32.0 Å². The molecule has 4 N–H and O–H groups in total. The molecule has 0 aliphatic rings. The Bertz CT molecular complexity index is 471. The Morgan fingerprint density at radius 3 is 2.44 bits per heavy atom. The minimum Gasteiger partial charge on any atom is -0.481 e. The maximum atomic E-state index is 11.9. The quantitative estimate of drug-likeness (QED) is 0.704. The van der Waals surface area contributed by atoms with Gasteiger partial charge in [0.2, 0.25) is 0 Å². The van der Waals surface area contributed by atoms with Crippen molar-refractivity contribution in [1.82, 2.24) is 5.32 Å². The number of carboxylic acids is 1. The summed E-state index contributed by atoms with van der Waals surface area (Å²) in [5.41, 5.74) is 7.60. The van der Waals surface area contributed by atoms with E-state index in [-0.39, 0.29) is 5.91 Å². The number of rotatable bonds is 4.